The lowest BCUT2D eigenvalue weighted by Crippen LogP contribution is -2.44. The van der Waals surface area contributed by atoms with Crippen LogP contribution in [0.3, 0.4) is 0 Å². The van der Waals surface area contributed by atoms with Gasteiger partial charge in [-0.25, -0.2) is 0 Å². The number of carbonyl (C=O) groups excluding carboxylic acids is 3. The third-order valence-corrected chi connectivity index (χ3v) is 4.36. The van der Waals surface area contributed by atoms with Crippen LogP contribution >= 0.6 is 11.6 Å². The fourth-order valence-corrected chi connectivity index (χ4v) is 2.69. The number of halogens is 1. The van der Waals surface area contributed by atoms with E-state index >= 15 is 0 Å². The number of amides is 1. The van der Waals surface area contributed by atoms with Crippen molar-refractivity contribution < 1.29 is 19.5 Å². The molecule has 0 radical (unpaired) electrons. The van der Waals surface area contributed by atoms with E-state index in [9.17, 15) is 19.5 Å². The van der Waals surface area contributed by atoms with Crippen molar-refractivity contribution in [2.75, 3.05) is 0 Å². The van der Waals surface area contributed by atoms with Crippen LogP contribution in [0.5, 0.6) is 0 Å². The summed E-state index contributed by atoms with van der Waals surface area (Å²) in [6, 6.07) is 4.06. The second-order valence-corrected chi connectivity index (χ2v) is 6.61. The lowest BCUT2D eigenvalue weighted by molar-refractivity contribution is -0.128. The molecular weight excluding hydrogens is 318 g/mol. The zero-order valence-corrected chi connectivity index (χ0v) is 14.1. The van der Waals surface area contributed by atoms with Gasteiger partial charge < -0.3 is 10.4 Å². The van der Waals surface area contributed by atoms with Crippen molar-refractivity contribution in [3.63, 3.8) is 0 Å². The molecule has 0 unspecified atom stereocenters. The predicted molar refractivity (Wildman–Crippen MR) is 87.3 cm³/mol. The number of nitrogens with one attached hydrogen (secondary N) is 1. The van der Waals surface area contributed by atoms with Crippen LogP contribution in [0.4, 0.5) is 0 Å². The lowest BCUT2D eigenvalue weighted by atomic mass is 9.71. The number of hydrogen-bond donors (Lipinski definition) is 2. The van der Waals surface area contributed by atoms with Crippen molar-refractivity contribution in [2.45, 2.75) is 39.2 Å². The molecule has 0 aliphatic heterocycles. The van der Waals surface area contributed by atoms with E-state index in [2.05, 4.69) is 5.32 Å². The molecule has 1 aromatic rings. The summed E-state index contributed by atoms with van der Waals surface area (Å²) in [6.45, 7) is 6.20. The van der Waals surface area contributed by atoms with E-state index in [4.69, 9.17) is 11.6 Å². The van der Waals surface area contributed by atoms with E-state index in [1.54, 1.807) is 26.0 Å². The maximum atomic E-state index is 12.7. The molecule has 2 rings (SSSR count). The number of fused-ring (bicyclic) bond motifs is 1. The molecule has 5 nitrogen and oxygen atoms in total. The number of Topliss-reactive ketones (excluding diaryl/α,β-unsaturated/α-hetero) is 2. The first-order chi connectivity index (χ1) is 10.6. The van der Waals surface area contributed by atoms with Gasteiger partial charge in [0.15, 0.2) is 11.6 Å². The lowest BCUT2D eigenvalue weighted by Gasteiger charge is -2.32. The summed E-state index contributed by atoms with van der Waals surface area (Å²) in [5, 5.41) is 13.2. The summed E-state index contributed by atoms with van der Waals surface area (Å²) in [6.07, 6.45) is 0. The number of hydrogen-bond acceptors (Lipinski definition) is 4. The number of aliphatic hydroxyl groups excluding tert-OH is 1. The molecule has 1 aromatic carbocycles. The van der Waals surface area contributed by atoms with Gasteiger partial charge >= 0.3 is 0 Å². The van der Waals surface area contributed by atoms with Crippen molar-refractivity contribution >= 4 is 34.8 Å². The Labute approximate surface area is 139 Å². The summed E-state index contributed by atoms with van der Waals surface area (Å²) in [4.78, 5) is 36.4. The fourth-order valence-electron chi connectivity index (χ4n) is 2.52. The highest BCUT2D eigenvalue weighted by molar-refractivity contribution is 6.32. The van der Waals surface area contributed by atoms with Crippen LogP contribution in [0.25, 0.3) is 5.76 Å². The first-order valence-electron chi connectivity index (χ1n) is 7.17. The van der Waals surface area contributed by atoms with Gasteiger partial charge in [0.1, 0.15) is 11.3 Å². The van der Waals surface area contributed by atoms with E-state index in [1.807, 2.05) is 0 Å². The Bertz CT molecular complexity index is 749. The van der Waals surface area contributed by atoms with E-state index in [0.29, 0.717) is 16.1 Å². The van der Waals surface area contributed by atoms with Crippen LogP contribution in [0.2, 0.25) is 5.02 Å². The zero-order valence-electron chi connectivity index (χ0n) is 13.4. The van der Waals surface area contributed by atoms with Crippen molar-refractivity contribution in [3.8, 4) is 0 Å². The molecule has 1 aliphatic carbocycles. The maximum absolute atomic E-state index is 12.7. The molecule has 2 N–H and O–H groups in total. The molecule has 122 valence electrons. The number of benzene rings is 1. The van der Waals surface area contributed by atoms with Gasteiger partial charge in [0.2, 0.25) is 0 Å². The number of carbonyl (C=O) groups is 3. The zero-order chi connectivity index (χ0) is 17.5. The van der Waals surface area contributed by atoms with Gasteiger partial charge in [0, 0.05) is 10.6 Å². The van der Waals surface area contributed by atoms with E-state index in [0.717, 1.165) is 0 Å². The molecule has 23 heavy (non-hydrogen) atoms. The molecule has 0 saturated heterocycles. The standard InChI is InChI=1S/C17H18ClNO4/c1-8(9(2)20)19-16(23)13-14(21)11-7-10(18)5-6-12(11)17(3,4)15(13)22/h5-8,21H,1-4H3,(H,19,23)/t8-/m1/s1. The number of rotatable bonds is 3. The van der Waals surface area contributed by atoms with Crippen LogP contribution in [-0.4, -0.2) is 28.6 Å². The van der Waals surface area contributed by atoms with Gasteiger partial charge in [-0.1, -0.05) is 17.7 Å². The second kappa shape index (κ2) is 5.81. The summed E-state index contributed by atoms with van der Waals surface area (Å²) >= 11 is 5.96. The molecule has 0 aromatic heterocycles. The molecule has 1 aliphatic rings. The Morgan fingerprint density at radius 2 is 1.91 bits per heavy atom. The van der Waals surface area contributed by atoms with Crippen LogP contribution in [0.15, 0.2) is 23.8 Å². The van der Waals surface area contributed by atoms with E-state index in [1.165, 1.54) is 19.9 Å². The third-order valence-electron chi connectivity index (χ3n) is 4.13. The van der Waals surface area contributed by atoms with Crippen molar-refractivity contribution in [1.29, 1.82) is 0 Å². The molecule has 0 spiro atoms. The van der Waals surface area contributed by atoms with Gasteiger partial charge in [0.25, 0.3) is 5.91 Å². The van der Waals surface area contributed by atoms with Gasteiger partial charge in [-0.2, -0.15) is 0 Å². The largest absolute Gasteiger partial charge is 0.506 e. The van der Waals surface area contributed by atoms with Gasteiger partial charge in [-0.15, -0.1) is 0 Å². The quantitative estimate of drug-likeness (QED) is 0.831. The fraction of sp³-hybridized carbons (Fsp3) is 0.353. The molecule has 0 heterocycles. The van der Waals surface area contributed by atoms with Gasteiger partial charge in [-0.05, 0) is 45.4 Å². The molecule has 0 bridgehead atoms. The average Bonchev–Trinajstić information content (AvgIpc) is 2.45. The summed E-state index contributed by atoms with van der Waals surface area (Å²) < 4.78 is 0. The maximum Gasteiger partial charge on any atom is 0.259 e. The Morgan fingerprint density at radius 3 is 2.48 bits per heavy atom. The van der Waals surface area contributed by atoms with Crippen LogP contribution in [-0.2, 0) is 19.8 Å². The minimum atomic E-state index is -0.988. The van der Waals surface area contributed by atoms with Crippen molar-refractivity contribution in [2.24, 2.45) is 0 Å². The van der Waals surface area contributed by atoms with Crippen molar-refractivity contribution in [1.82, 2.24) is 5.32 Å². The first-order valence-corrected chi connectivity index (χ1v) is 7.55. The number of aliphatic hydroxyl groups is 1. The molecule has 1 atom stereocenters. The van der Waals surface area contributed by atoms with E-state index in [-0.39, 0.29) is 11.4 Å². The Morgan fingerprint density at radius 1 is 1.30 bits per heavy atom. The predicted octanol–water partition coefficient (Wildman–Crippen LogP) is 2.56. The average molecular weight is 336 g/mol. The minimum absolute atomic E-state index is 0.246. The Balaban J connectivity index is 2.58. The molecule has 0 fully saturated rings. The van der Waals surface area contributed by atoms with Crippen LogP contribution < -0.4 is 5.32 Å². The first kappa shape index (κ1) is 17.2. The summed E-state index contributed by atoms with van der Waals surface area (Å²) in [5.41, 5.74) is -0.390. The molecule has 6 heteroatoms. The highest BCUT2D eigenvalue weighted by atomic mass is 35.5. The summed E-state index contributed by atoms with van der Waals surface area (Å²) in [7, 11) is 0. The monoisotopic (exact) mass is 335 g/mol. The van der Waals surface area contributed by atoms with E-state index < -0.39 is 28.9 Å². The highest BCUT2D eigenvalue weighted by Crippen LogP contribution is 2.40. The van der Waals surface area contributed by atoms with Gasteiger partial charge in [-0.3, -0.25) is 14.4 Å². The molecule has 0 saturated carbocycles. The third kappa shape index (κ3) is 2.88. The number of ketones is 2. The Kier molecular flexibility index (Phi) is 4.35. The Hall–Kier alpha value is -2.14. The molecular formula is C17H18ClNO4. The molecule has 1 amide bonds. The second-order valence-electron chi connectivity index (χ2n) is 6.17. The minimum Gasteiger partial charge on any atom is -0.506 e. The van der Waals surface area contributed by atoms with Crippen molar-refractivity contribution in [3.05, 3.63) is 39.9 Å². The normalized spacial score (nSPS) is 17.5. The topological polar surface area (TPSA) is 83.5 Å². The smallest absolute Gasteiger partial charge is 0.259 e. The highest BCUT2D eigenvalue weighted by Gasteiger charge is 2.43. The summed E-state index contributed by atoms with van der Waals surface area (Å²) in [5.74, 6) is -1.93. The van der Waals surface area contributed by atoms with Gasteiger partial charge in [0.05, 0.1) is 11.5 Å². The van der Waals surface area contributed by atoms with Crippen LogP contribution in [0.1, 0.15) is 38.8 Å². The van der Waals surface area contributed by atoms with Crippen LogP contribution in [0, 0.1) is 0 Å². The SMILES string of the molecule is CC(=O)[C@@H](C)NC(=O)C1=C(O)c2cc(Cl)ccc2C(C)(C)C1=O.